The highest BCUT2D eigenvalue weighted by Crippen LogP contribution is 2.28. The zero-order valence-corrected chi connectivity index (χ0v) is 16.5. The topological polar surface area (TPSA) is 70.2 Å². The van der Waals surface area contributed by atoms with Gasteiger partial charge in [-0.1, -0.05) is 25.7 Å². The van der Waals surface area contributed by atoms with E-state index in [1.54, 1.807) is 0 Å². The number of nitrogens with one attached hydrogen (secondary N) is 2. The molecule has 0 atom stereocenters. The van der Waals surface area contributed by atoms with Crippen molar-refractivity contribution in [1.82, 2.24) is 9.97 Å². The summed E-state index contributed by atoms with van der Waals surface area (Å²) in [6.07, 6.45) is 6.83. The Morgan fingerprint density at radius 1 is 1.11 bits per heavy atom. The van der Waals surface area contributed by atoms with Crippen LogP contribution >= 0.6 is 0 Å². The fraction of sp³-hybridized carbons (Fsp3) is 0.476. The number of hydrogen-bond acceptors (Lipinski definition) is 5. The summed E-state index contributed by atoms with van der Waals surface area (Å²) < 4.78 is 0. The molecule has 0 saturated heterocycles. The number of amides is 1. The second kappa shape index (κ2) is 8.84. The fourth-order valence-electron chi connectivity index (χ4n) is 3.49. The third-order valence-corrected chi connectivity index (χ3v) is 4.98. The van der Waals surface area contributed by atoms with Gasteiger partial charge in [0.25, 0.3) is 0 Å². The number of carbonyl (C=O) groups excluding carboxylic acids is 1. The first-order valence-corrected chi connectivity index (χ1v) is 9.69. The van der Waals surface area contributed by atoms with E-state index in [1.807, 2.05) is 56.3 Å². The lowest BCUT2D eigenvalue weighted by Gasteiger charge is -2.14. The monoisotopic (exact) mass is 367 g/mol. The van der Waals surface area contributed by atoms with E-state index >= 15 is 0 Å². The van der Waals surface area contributed by atoms with Crippen LogP contribution in [0.25, 0.3) is 0 Å². The minimum atomic E-state index is 0.102. The summed E-state index contributed by atoms with van der Waals surface area (Å²) in [5, 5.41) is 6.28. The zero-order valence-electron chi connectivity index (χ0n) is 16.5. The van der Waals surface area contributed by atoms with Gasteiger partial charge < -0.3 is 15.5 Å². The lowest BCUT2D eigenvalue weighted by Crippen LogP contribution is -2.13. The van der Waals surface area contributed by atoms with Gasteiger partial charge in [0.2, 0.25) is 5.91 Å². The predicted molar refractivity (Wildman–Crippen MR) is 111 cm³/mol. The highest BCUT2D eigenvalue weighted by molar-refractivity contribution is 5.90. The van der Waals surface area contributed by atoms with Crippen LogP contribution in [0.2, 0.25) is 0 Å². The van der Waals surface area contributed by atoms with Gasteiger partial charge in [-0.15, -0.1) is 0 Å². The highest BCUT2D eigenvalue weighted by Gasteiger charge is 2.16. The molecule has 6 nitrogen and oxygen atoms in total. The Morgan fingerprint density at radius 2 is 1.78 bits per heavy atom. The van der Waals surface area contributed by atoms with Crippen LogP contribution in [0, 0.1) is 12.8 Å². The Bertz CT molecular complexity index is 767. The predicted octanol–water partition coefficient (Wildman–Crippen LogP) is 4.50. The first kappa shape index (κ1) is 19.1. The summed E-state index contributed by atoms with van der Waals surface area (Å²) in [6, 6.07) is 9.62. The van der Waals surface area contributed by atoms with Crippen molar-refractivity contribution in [2.24, 2.45) is 5.92 Å². The average molecular weight is 367 g/mol. The SMILES string of the molecule is Cc1nc(Nc2ccc(NC(=O)CCC3CCCC3)cc2)cc(N(C)C)n1. The first-order chi connectivity index (χ1) is 13.0. The number of rotatable bonds is 7. The van der Waals surface area contributed by atoms with Gasteiger partial charge in [0.15, 0.2) is 0 Å². The zero-order chi connectivity index (χ0) is 19.2. The van der Waals surface area contributed by atoms with Crippen molar-refractivity contribution < 1.29 is 4.79 Å². The number of aryl methyl sites for hydroxylation is 1. The van der Waals surface area contributed by atoms with E-state index in [2.05, 4.69) is 20.6 Å². The Balaban J connectivity index is 1.54. The molecule has 2 aromatic rings. The molecule has 1 fully saturated rings. The van der Waals surface area contributed by atoms with Gasteiger partial charge in [-0.25, -0.2) is 9.97 Å². The number of benzene rings is 1. The number of anilines is 4. The third kappa shape index (κ3) is 5.67. The molecule has 0 radical (unpaired) electrons. The fourth-order valence-corrected chi connectivity index (χ4v) is 3.49. The van der Waals surface area contributed by atoms with Crippen LogP contribution in [0.15, 0.2) is 30.3 Å². The molecule has 1 amide bonds. The molecule has 1 aliphatic rings. The molecule has 27 heavy (non-hydrogen) atoms. The summed E-state index contributed by atoms with van der Waals surface area (Å²) in [5.41, 5.74) is 1.74. The van der Waals surface area contributed by atoms with Gasteiger partial charge in [-0.05, 0) is 43.5 Å². The van der Waals surface area contributed by atoms with Crippen LogP contribution in [-0.2, 0) is 4.79 Å². The quantitative estimate of drug-likeness (QED) is 0.754. The van der Waals surface area contributed by atoms with E-state index in [0.29, 0.717) is 6.42 Å². The van der Waals surface area contributed by atoms with E-state index in [4.69, 9.17) is 0 Å². The number of aromatic nitrogens is 2. The number of hydrogen-bond donors (Lipinski definition) is 2. The second-order valence-corrected chi connectivity index (χ2v) is 7.49. The number of carbonyl (C=O) groups is 1. The molecule has 0 aliphatic heterocycles. The molecule has 1 aliphatic carbocycles. The summed E-state index contributed by atoms with van der Waals surface area (Å²) in [6.45, 7) is 1.88. The molecule has 6 heteroatoms. The Hall–Kier alpha value is -2.63. The highest BCUT2D eigenvalue weighted by atomic mass is 16.1. The van der Waals surface area contributed by atoms with Crippen molar-refractivity contribution in [1.29, 1.82) is 0 Å². The lowest BCUT2D eigenvalue weighted by atomic mass is 10.0. The average Bonchev–Trinajstić information content (AvgIpc) is 3.15. The largest absolute Gasteiger partial charge is 0.363 e. The summed E-state index contributed by atoms with van der Waals surface area (Å²) in [4.78, 5) is 22.9. The molecule has 1 aromatic carbocycles. The van der Waals surface area contributed by atoms with Gasteiger partial charge in [0, 0.05) is 38.0 Å². The van der Waals surface area contributed by atoms with Gasteiger partial charge >= 0.3 is 0 Å². The minimum Gasteiger partial charge on any atom is -0.363 e. The molecule has 0 bridgehead atoms. The third-order valence-electron chi connectivity index (χ3n) is 4.98. The molecule has 1 saturated carbocycles. The van der Waals surface area contributed by atoms with Crippen LogP contribution in [0.3, 0.4) is 0 Å². The molecule has 3 rings (SSSR count). The van der Waals surface area contributed by atoms with Gasteiger partial charge in [-0.2, -0.15) is 0 Å². The van der Waals surface area contributed by atoms with Crippen LogP contribution in [0.4, 0.5) is 23.0 Å². The molecular weight excluding hydrogens is 338 g/mol. The second-order valence-electron chi connectivity index (χ2n) is 7.49. The van der Waals surface area contributed by atoms with E-state index in [0.717, 1.165) is 41.2 Å². The smallest absolute Gasteiger partial charge is 0.224 e. The normalized spacial score (nSPS) is 14.2. The molecular formula is C21H29N5O. The van der Waals surface area contributed by atoms with Crippen molar-refractivity contribution in [3.63, 3.8) is 0 Å². The van der Waals surface area contributed by atoms with E-state index < -0.39 is 0 Å². The van der Waals surface area contributed by atoms with Crippen LogP contribution < -0.4 is 15.5 Å². The standard InChI is InChI=1S/C21H29N5O/c1-15-22-19(14-20(23-15)26(2)3)24-17-9-11-18(12-10-17)25-21(27)13-8-16-6-4-5-7-16/h9-12,14,16H,4-8,13H2,1-3H3,(H,25,27)(H,22,23,24). The molecule has 1 aromatic heterocycles. The van der Waals surface area contributed by atoms with E-state index in [1.165, 1.54) is 25.7 Å². The minimum absolute atomic E-state index is 0.102. The van der Waals surface area contributed by atoms with E-state index in [9.17, 15) is 4.79 Å². The summed E-state index contributed by atoms with van der Waals surface area (Å²) in [5.74, 6) is 3.17. The van der Waals surface area contributed by atoms with Gasteiger partial charge in [0.05, 0.1) is 0 Å². The van der Waals surface area contributed by atoms with Crippen LogP contribution in [0.1, 0.15) is 44.3 Å². The van der Waals surface area contributed by atoms with Crippen LogP contribution in [-0.4, -0.2) is 30.0 Å². The molecule has 0 unspecified atom stereocenters. The van der Waals surface area contributed by atoms with Gasteiger partial charge in [0.1, 0.15) is 17.5 Å². The van der Waals surface area contributed by atoms with Crippen molar-refractivity contribution in [3.05, 3.63) is 36.2 Å². The molecule has 144 valence electrons. The first-order valence-electron chi connectivity index (χ1n) is 9.69. The van der Waals surface area contributed by atoms with Gasteiger partial charge in [-0.3, -0.25) is 4.79 Å². The maximum atomic E-state index is 12.1. The maximum absolute atomic E-state index is 12.1. The van der Waals surface area contributed by atoms with Crippen molar-refractivity contribution in [2.45, 2.75) is 45.4 Å². The molecule has 0 spiro atoms. The number of nitrogens with zero attached hydrogens (tertiary/aromatic N) is 3. The lowest BCUT2D eigenvalue weighted by molar-refractivity contribution is -0.116. The molecule has 1 heterocycles. The Morgan fingerprint density at radius 3 is 2.44 bits per heavy atom. The van der Waals surface area contributed by atoms with E-state index in [-0.39, 0.29) is 5.91 Å². The van der Waals surface area contributed by atoms with Crippen molar-refractivity contribution >= 4 is 28.9 Å². The van der Waals surface area contributed by atoms with Crippen molar-refractivity contribution in [3.8, 4) is 0 Å². The molecule has 2 N–H and O–H groups in total. The summed E-state index contributed by atoms with van der Waals surface area (Å²) >= 11 is 0. The van der Waals surface area contributed by atoms with Crippen LogP contribution in [0.5, 0.6) is 0 Å². The summed E-state index contributed by atoms with van der Waals surface area (Å²) in [7, 11) is 3.91. The van der Waals surface area contributed by atoms with Crippen molar-refractivity contribution in [2.75, 3.05) is 29.6 Å². The Kier molecular flexibility index (Phi) is 6.27. The maximum Gasteiger partial charge on any atom is 0.224 e. The Labute approximate surface area is 161 Å².